The maximum atomic E-state index is 12.1. The summed E-state index contributed by atoms with van der Waals surface area (Å²) in [5, 5.41) is 3.69. The van der Waals surface area contributed by atoms with Gasteiger partial charge in [-0.25, -0.2) is 13.1 Å². The zero-order valence-corrected chi connectivity index (χ0v) is 14.2. The van der Waals surface area contributed by atoms with Gasteiger partial charge in [-0.05, 0) is 24.1 Å². The van der Waals surface area contributed by atoms with Crippen LogP contribution in [0.2, 0.25) is 5.02 Å². The van der Waals surface area contributed by atoms with Crippen LogP contribution in [-0.2, 0) is 21.3 Å². The second-order valence-corrected chi connectivity index (χ2v) is 7.21. The van der Waals surface area contributed by atoms with Crippen LogP contribution in [-0.4, -0.2) is 34.7 Å². The third-order valence-electron chi connectivity index (χ3n) is 2.85. The third-order valence-corrected chi connectivity index (χ3v) is 4.66. The van der Waals surface area contributed by atoms with E-state index in [0.29, 0.717) is 37.2 Å². The predicted molar refractivity (Wildman–Crippen MR) is 85.1 cm³/mol. The van der Waals surface area contributed by atoms with Crippen LogP contribution in [0.5, 0.6) is 0 Å². The minimum atomic E-state index is -3.52. The van der Waals surface area contributed by atoms with E-state index in [1.165, 1.54) is 6.07 Å². The molecule has 0 unspecified atom stereocenters. The standard InChI is InChI=1S/C14H23ClN2O3S/c1-11(2)16-10-12-5-6-13(9-14(12)15)21(18,19)17-7-4-8-20-3/h5-6,9,11,16-17H,4,7-8,10H2,1-3H3. The molecule has 7 heteroatoms. The quantitative estimate of drug-likeness (QED) is 0.679. The summed E-state index contributed by atoms with van der Waals surface area (Å²) < 4.78 is 31.6. The average Bonchev–Trinajstić information content (AvgIpc) is 2.42. The summed E-state index contributed by atoms with van der Waals surface area (Å²) in [6.45, 7) is 5.54. The molecule has 5 nitrogen and oxygen atoms in total. The van der Waals surface area contributed by atoms with Gasteiger partial charge in [0, 0.05) is 37.9 Å². The number of methoxy groups -OCH3 is 1. The highest BCUT2D eigenvalue weighted by Gasteiger charge is 2.15. The molecule has 0 fully saturated rings. The molecule has 0 saturated heterocycles. The van der Waals surface area contributed by atoms with Crippen LogP contribution in [0.25, 0.3) is 0 Å². The van der Waals surface area contributed by atoms with Gasteiger partial charge in [-0.1, -0.05) is 31.5 Å². The maximum Gasteiger partial charge on any atom is 0.240 e. The smallest absolute Gasteiger partial charge is 0.240 e. The lowest BCUT2D eigenvalue weighted by Gasteiger charge is -2.11. The first-order chi connectivity index (χ1) is 9.86. The number of hydrogen-bond donors (Lipinski definition) is 2. The van der Waals surface area contributed by atoms with Crippen LogP contribution >= 0.6 is 11.6 Å². The van der Waals surface area contributed by atoms with Crippen molar-refractivity contribution in [3.63, 3.8) is 0 Å². The largest absolute Gasteiger partial charge is 0.385 e. The fourth-order valence-corrected chi connectivity index (χ4v) is 3.07. The highest BCUT2D eigenvalue weighted by Crippen LogP contribution is 2.21. The predicted octanol–water partition coefficient (Wildman–Crippen LogP) is 2.15. The summed E-state index contributed by atoms with van der Waals surface area (Å²) in [7, 11) is -1.94. The Morgan fingerprint density at radius 2 is 2.05 bits per heavy atom. The first kappa shape index (κ1) is 18.4. The van der Waals surface area contributed by atoms with Crippen molar-refractivity contribution in [1.29, 1.82) is 0 Å². The summed E-state index contributed by atoms with van der Waals surface area (Å²) in [5.74, 6) is 0. The molecule has 0 aliphatic rings. The van der Waals surface area contributed by atoms with Gasteiger partial charge in [0.25, 0.3) is 0 Å². The number of nitrogens with one attached hydrogen (secondary N) is 2. The Labute approximate surface area is 132 Å². The van der Waals surface area contributed by atoms with E-state index in [2.05, 4.69) is 10.0 Å². The monoisotopic (exact) mass is 334 g/mol. The van der Waals surface area contributed by atoms with E-state index < -0.39 is 10.0 Å². The number of benzene rings is 1. The number of halogens is 1. The molecule has 0 spiro atoms. The number of sulfonamides is 1. The normalized spacial score (nSPS) is 12.0. The fraction of sp³-hybridized carbons (Fsp3) is 0.571. The van der Waals surface area contributed by atoms with Gasteiger partial charge in [-0.3, -0.25) is 0 Å². The molecule has 1 rings (SSSR count). The van der Waals surface area contributed by atoms with Gasteiger partial charge >= 0.3 is 0 Å². The van der Waals surface area contributed by atoms with Gasteiger partial charge in [-0.15, -0.1) is 0 Å². The first-order valence-corrected chi connectivity index (χ1v) is 8.73. The van der Waals surface area contributed by atoms with Crippen LogP contribution in [0, 0.1) is 0 Å². The summed E-state index contributed by atoms with van der Waals surface area (Å²) in [6.07, 6.45) is 0.625. The Kier molecular flexibility index (Phi) is 7.62. The molecule has 0 aliphatic heterocycles. The highest BCUT2D eigenvalue weighted by molar-refractivity contribution is 7.89. The van der Waals surface area contributed by atoms with Crippen molar-refractivity contribution in [2.75, 3.05) is 20.3 Å². The molecule has 0 aromatic heterocycles. The van der Waals surface area contributed by atoms with E-state index in [0.717, 1.165) is 5.56 Å². The molecule has 1 aromatic carbocycles. The van der Waals surface area contributed by atoms with Crippen molar-refractivity contribution in [2.45, 2.75) is 37.8 Å². The van der Waals surface area contributed by atoms with Gasteiger partial charge in [-0.2, -0.15) is 0 Å². The molecule has 0 atom stereocenters. The molecule has 0 radical (unpaired) electrons. The lowest BCUT2D eigenvalue weighted by Crippen LogP contribution is -2.26. The topological polar surface area (TPSA) is 67.4 Å². The second-order valence-electron chi connectivity index (χ2n) is 5.03. The van der Waals surface area contributed by atoms with E-state index in [-0.39, 0.29) is 4.90 Å². The van der Waals surface area contributed by atoms with E-state index >= 15 is 0 Å². The Balaban J connectivity index is 2.73. The Hall–Kier alpha value is -0.660. The van der Waals surface area contributed by atoms with Crippen molar-refractivity contribution in [3.8, 4) is 0 Å². The van der Waals surface area contributed by atoms with Gasteiger partial charge in [0.1, 0.15) is 0 Å². The minimum absolute atomic E-state index is 0.179. The van der Waals surface area contributed by atoms with Crippen molar-refractivity contribution >= 4 is 21.6 Å². The summed E-state index contributed by atoms with van der Waals surface area (Å²) >= 11 is 6.15. The Morgan fingerprint density at radius 3 is 2.62 bits per heavy atom. The van der Waals surface area contributed by atoms with Gasteiger partial charge in [0.15, 0.2) is 0 Å². The Bertz CT molecular complexity index is 547. The molecule has 0 heterocycles. The summed E-state index contributed by atoms with van der Waals surface area (Å²) in [4.78, 5) is 0.179. The summed E-state index contributed by atoms with van der Waals surface area (Å²) in [6, 6.07) is 5.13. The molecular weight excluding hydrogens is 312 g/mol. The van der Waals surface area contributed by atoms with E-state index in [4.69, 9.17) is 16.3 Å². The van der Waals surface area contributed by atoms with Crippen LogP contribution in [0.1, 0.15) is 25.8 Å². The van der Waals surface area contributed by atoms with E-state index in [1.807, 2.05) is 13.8 Å². The SMILES string of the molecule is COCCCNS(=O)(=O)c1ccc(CNC(C)C)c(Cl)c1. The third kappa shape index (κ3) is 6.32. The number of rotatable bonds is 9. The fourth-order valence-electron chi connectivity index (χ4n) is 1.66. The molecule has 0 amide bonds. The van der Waals surface area contributed by atoms with Crippen molar-refractivity contribution in [3.05, 3.63) is 28.8 Å². The van der Waals surface area contributed by atoms with E-state index in [9.17, 15) is 8.42 Å². The van der Waals surface area contributed by atoms with Crippen LogP contribution in [0.3, 0.4) is 0 Å². The summed E-state index contributed by atoms with van der Waals surface area (Å²) in [5.41, 5.74) is 0.878. The molecular formula is C14H23ClN2O3S. The molecule has 21 heavy (non-hydrogen) atoms. The highest BCUT2D eigenvalue weighted by atomic mass is 35.5. The van der Waals surface area contributed by atoms with Crippen molar-refractivity contribution < 1.29 is 13.2 Å². The van der Waals surface area contributed by atoms with Gasteiger partial charge in [0.2, 0.25) is 10.0 Å². The zero-order valence-electron chi connectivity index (χ0n) is 12.6. The van der Waals surface area contributed by atoms with E-state index in [1.54, 1.807) is 19.2 Å². The number of ether oxygens (including phenoxy) is 1. The van der Waals surface area contributed by atoms with Gasteiger partial charge < -0.3 is 10.1 Å². The number of hydrogen-bond acceptors (Lipinski definition) is 4. The Morgan fingerprint density at radius 1 is 1.33 bits per heavy atom. The molecule has 1 aromatic rings. The molecule has 120 valence electrons. The molecule has 0 bridgehead atoms. The zero-order chi connectivity index (χ0) is 15.9. The molecule has 0 saturated carbocycles. The average molecular weight is 335 g/mol. The molecule has 2 N–H and O–H groups in total. The second kappa shape index (κ2) is 8.70. The van der Waals surface area contributed by atoms with Crippen LogP contribution in [0.4, 0.5) is 0 Å². The molecule has 0 aliphatic carbocycles. The minimum Gasteiger partial charge on any atom is -0.385 e. The van der Waals surface area contributed by atoms with Crippen molar-refractivity contribution in [2.24, 2.45) is 0 Å². The van der Waals surface area contributed by atoms with Gasteiger partial charge in [0.05, 0.1) is 4.90 Å². The first-order valence-electron chi connectivity index (χ1n) is 6.87. The van der Waals surface area contributed by atoms with Crippen LogP contribution < -0.4 is 10.0 Å². The van der Waals surface area contributed by atoms with Crippen molar-refractivity contribution in [1.82, 2.24) is 10.0 Å². The maximum absolute atomic E-state index is 12.1. The lowest BCUT2D eigenvalue weighted by atomic mass is 10.2. The lowest BCUT2D eigenvalue weighted by molar-refractivity contribution is 0.196. The van der Waals surface area contributed by atoms with Crippen LogP contribution in [0.15, 0.2) is 23.1 Å².